The first-order valence-electron chi connectivity index (χ1n) is 7.41. The number of aryl methyl sites for hydroxylation is 1. The molecule has 0 aliphatic carbocycles. The van der Waals surface area contributed by atoms with E-state index in [1.807, 2.05) is 0 Å². The molecule has 0 saturated carbocycles. The molecule has 1 heterocycles. The molecular formula is C16H20ClF3N4O. The van der Waals surface area contributed by atoms with Gasteiger partial charge in [0.15, 0.2) is 5.69 Å². The highest BCUT2D eigenvalue weighted by Crippen LogP contribution is 2.33. The van der Waals surface area contributed by atoms with E-state index in [2.05, 4.69) is 15.7 Å². The Hall–Kier alpha value is -2.06. The van der Waals surface area contributed by atoms with Crippen LogP contribution in [0.2, 0.25) is 0 Å². The summed E-state index contributed by atoms with van der Waals surface area (Å²) in [6, 6.07) is 6.44. The molecule has 0 aliphatic heterocycles. The molecule has 2 rings (SSSR count). The maximum Gasteiger partial charge on any atom is 0.434 e. The Bertz CT molecular complexity index is 730. The zero-order valence-corrected chi connectivity index (χ0v) is 14.8. The molecule has 1 aromatic carbocycles. The van der Waals surface area contributed by atoms with Gasteiger partial charge in [0.05, 0.1) is 17.4 Å². The SMILES string of the molecule is CNC(C)CNC(=O)c1cnn(-c2cccc(C)c2)c1C(F)(F)F.Cl. The van der Waals surface area contributed by atoms with Crippen molar-refractivity contribution in [3.63, 3.8) is 0 Å². The van der Waals surface area contributed by atoms with Crippen LogP contribution in [0.5, 0.6) is 0 Å². The first kappa shape index (κ1) is 21.0. The van der Waals surface area contributed by atoms with Crippen LogP contribution < -0.4 is 10.6 Å². The molecule has 1 aromatic heterocycles. The topological polar surface area (TPSA) is 58.9 Å². The van der Waals surface area contributed by atoms with Crippen LogP contribution in [0.4, 0.5) is 13.2 Å². The molecule has 2 aromatic rings. The lowest BCUT2D eigenvalue weighted by atomic mass is 10.2. The van der Waals surface area contributed by atoms with Crippen molar-refractivity contribution in [2.75, 3.05) is 13.6 Å². The summed E-state index contributed by atoms with van der Waals surface area (Å²) in [6.07, 6.45) is -3.76. The summed E-state index contributed by atoms with van der Waals surface area (Å²) in [5, 5.41) is 9.16. The number of aromatic nitrogens is 2. The van der Waals surface area contributed by atoms with Gasteiger partial charge in [0, 0.05) is 12.6 Å². The number of amides is 1. The molecule has 25 heavy (non-hydrogen) atoms. The second kappa shape index (κ2) is 8.35. The van der Waals surface area contributed by atoms with Gasteiger partial charge in [0.25, 0.3) is 5.91 Å². The minimum Gasteiger partial charge on any atom is -0.350 e. The summed E-state index contributed by atoms with van der Waals surface area (Å²) < 4.78 is 41.3. The van der Waals surface area contributed by atoms with Gasteiger partial charge >= 0.3 is 6.18 Å². The summed E-state index contributed by atoms with van der Waals surface area (Å²) in [7, 11) is 1.70. The van der Waals surface area contributed by atoms with E-state index in [1.54, 1.807) is 39.1 Å². The van der Waals surface area contributed by atoms with Crippen LogP contribution in [0.1, 0.15) is 28.5 Å². The van der Waals surface area contributed by atoms with Crippen molar-refractivity contribution in [2.24, 2.45) is 0 Å². The molecule has 1 amide bonds. The smallest absolute Gasteiger partial charge is 0.350 e. The predicted octanol–water partition coefficient (Wildman–Crippen LogP) is 2.96. The van der Waals surface area contributed by atoms with Gasteiger partial charge in [-0.15, -0.1) is 12.4 Å². The highest BCUT2D eigenvalue weighted by atomic mass is 35.5. The Balaban J connectivity index is 0.00000312. The first-order chi connectivity index (χ1) is 11.2. The fourth-order valence-corrected chi connectivity index (χ4v) is 2.19. The van der Waals surface area contributed by atoms with E-state index in [-0.39, 0.29) is 30.7 Å². The molecular weight excluding hydrogens is 357 g/mol. The Labute approximate surface area is 150 Å². The molecule has 9 heteroatoms. The quantitative estimate of drug-likeness (QED) is 0.843. The standard InChI is InChI=1S/C16H19F3N4O.ClH/c1-10-5-4-6-12(7-10)23-14(16(17,18)19)13(9-22-23)15(24)21-8-11(2)20-3;/h4-7,9,11,20H,8H2,1-3H3,(H,21,24);1H. The van der Waals surface area contributed by atoms with Crippen molar-refractivity contribution in [1.29, 1.82) is 0 Å². The summed E-state index contributed by atoms with van der Waals surface area (Å²) >= 11 is 0. The molecule has 2 N–H and O–H groups in total. The molecule has 1 unspecified atom stereocenters. The number of carbonyl (C=O) groups excluding carboxylic acids is 1. The van der Waals surface area contributed by atoms with E-state index in [0.29, 0.717) is 0 Å². The van der Waals surface area contributed by atoms with E-state index < -0.39 is 23.3 Å². The minimum absolute atomic E-state index is 0. The van der Waals surface area contributed by atoms with Crippen molar-refractivity contribution < 1.29 is 18.0 Å². The van der Waals surface area contributed by atoms with Crippen LogP contribution in [0, 0.1) is 6.92 Å². The van der Waals surface area contributed by atoms with E-state index in [9.17, 15) is 18.0 Å². The average molecular weight is 377 g/mol. The molecule has 0 radical (unpaired) electrons. The zero-order valence-electron chi connectivity index (χ0n) is 14.0. The van der Waals surface area contributed by atoms with Crippen molar-refractivity contribution in [3.05, 3.63) is 47.3 Å². The van der Waals surface area contributed by atoms with Crippen molar-refractivity contribution in [2.45, 2.75) is 26.1 Å². The van der Waals surface area contributed by atoms with Crippen molar-refractivity contribution in [1.82, 2.24) is 20.4 Å². The Kier molecular flexibility index (Phi) is 7.01. The summed E-state index contributed by atoms with van der Waals surface area (Å²) in [4.78, 5) is 12.2. The molecule has 0 fully saturated rings. The van der Waals surface area contributed by atoms with Crippen LogP contribution in [0.25, 0.3) is 5.69 Å². The monoisotopic (exact) mass is 376 g/mol. The average Bonchev–Trinajstić information content (AvgIpc) is 2.97. The molecule has 5 nitrogen and oxygen atoms in total. The van der Waals surface area contributed by atoms with Gasteiger partial charge in [-0.1, -0.05) is 12.1 Å². The lowest BCUT2D eigenvalue weighted by Crippen LogP contribution is -2.37. The van der Waals surface area contributed by atoms with Gasteiger partial charge in [-0.2, -0.15) is 18.3 Å². The van der Waals surface area contributed by atoms with Gasteiger partial charge in [-0.05, 0) is 38.6 Å². The number of rotatable bonds is 5. The van der Waals surface area contributed by atoms with Crippen LogP contribution >= 0.6 is 12.4 Å². The lowest BCUT2D eigenvalue weighted by molar-refractivity contribution is -0.143. The number of benzene rings is 1. The molecule has 0 aliphatic rings. The predicted molar refractivity (Wildman–Crippen MR) is 91.4 cm³/mol. The van der Waals surface area contributed by atoms with E-state index >= 15 is 0 Å². The number of likely N-dealkylation sites (N-methyl/N-ethyl adjacent to an activating group) is 1. The van der Waals surface area contributed by atoms with E-state index in [4.69, 9.17) is 0 Å². The normalized spacial score (nSPS) is 12.4. The third-order valence-corrected chi connectivity index (χ3v) is 3.59. The fraction of sp³-hybridized carbons (Fsp3) is 0.375. The second-order valence-electron chi connectivity index (χ2n) is 5.56. The van der Waals surface area contributed by atoms with E-state index in [0.717, 1.165) is 16.4 Å². The molecule has 1 atom stereocenters. The Morgan fingerprint density at radius 3 is 2.60 bits per heavy atom. The number of hydrogen-bond donors (Lipinski definition) is 2. The Morgan fingerprint density at radius 2 is 2.04 bits per heavy atom. The van der Waals surface area contributed by atoms with Crippen molar-refractivity contribution in [3.8, 4) is 5.69 Å². The number of halogens is 4. The van der Waals surface area contributed by atoms with Gasteiger partial charge in [-0.25, -0.2) is 4.68 Å². The van der Waals surface area contributed by atoms with Gasteiger partial charge in [-0.3, -0.25) is 4.79 Å². The minimum atomic E-state index is -4.71. The number of alkyl halides is 3. The highest BCUT2D eigenvalue weighted by Gasteiger charge is 2.40. The number of nitrogens with one attached hydrogen (secondary N) is 2. The van der Waals surface area contributed by atoms with Crippen LogP contribution in [-0.2, 0) is 6.18 Å². The molecule has 138 valence electrons. The van der Waals surface area contributed by atoms with Crippen molar-refractivity contribution >= 4 is 18.3 Å². The van der Waals surface area contributed by atoms with Gasteiger partial charge in [0.1, 0.15) is 0 Å². The zero-order chi connectivity index (χ0) is 17.9. The number of hydrogen-bond acceptors (Lipinski definition) is 3. The maximum atomic E-state index is 13.5. The second-order valence-corrected chi connectivity index (χ2v) is 5.56. The first-order valence-corrected chi connectivity index (χ1v) is 7.41. The highest BCUT2D eigenvalue weighted by molar-refractivity contribution is 5.95. The number of nitrogens with zero attached hydrogens (tertiary/aromatic N) is 2. The summed E-state index contributed by atoms with van der Waals surface area (Å²) in [5.74, 6) is -0.802. The Morgan fingerprint density at radius 1 is 1.36 bits per heavy atom. The maximum absolute atomic E-state index is 13.5. The van der Waals surface area contributed by atoms with Gasteiger partial charge < -0.3 is 10.6 Å². The lowest BCUT2D eigenvalue weighted by Gasteiger charge is -2.14. The van der Waals surface area contributed by atoms with Crippen LogP contribution in [0.3, 0.4) is 0 Å². The summed E-state index contributed by atoms with van der Waals surface area (Å²) in [6.45, 7) is 3.79. The molecule has 0 spiro atoms. The third kappa shape index (κ3) is 4.96. The number of carbonyl (C=O) groups is 1. The van der Waals surface area contributed by atoms with Crippen LogP contribution in [-0.4, -0.2) is 35.3 Å². The largest absolute Gasteiger partial charge is 0.434 e. The third-order valence-electron chi connectivity index (χ3n) is 3.59. The van der Waals surface area contributed by atoms with Crippen LogP contribution in [0.15, 0.2) is 30.5 Å². The summed E-state index contributed by atoms with van der Waals surface area (Å²) in [5.41, 5.74) is -0.523. The molecule has 0 saturated heterocycles. The molecule has 0 bridgehead atoms. The van der Waals surface area contributed by atoms with E-state index in [1.165, 1.54) is 6.07 Å². The van der Waals surface area contributed by atoms with Gasteiger partial charge in [0.2, 0.25) is 0 Å². The fourth-order valence-electron chi connectivity index (χ4n) is 2.19.